The highest BCUT2D eigenvalue weighted by Crippen LogP contribution is 2.25. The SMILES string of the molecule is CCN1CCN(c2ccc(Nc3ncc4c(F)cn(-c5cccc(N)n5)c4n3)cc2)CC1. The number of halogens is 1. The quantitative estimate of drug-likeness (QED) is 0.500. The molecule has 4 aromatic rings. The Kier molecular flexibility index (Phi) is 5.32. The average molecular weight is 433 g/mol. The number of nitrogens with two attached hydrogens (primary N) is 1. The van der Waals surface area contributed by atoms with Crippen molar-refractivity contribution < 1.29 is 4.39 Å². The van der Waals surface area contributed by atoms with Gasteiger partial charge in [0.25, 0.3) is 0 Å². The van der Waals surface area contributed by atoms with E-state index in [9.17, 15) is 4.39 Å². The van der Waals surface area contributed by atoms with Gasteiger partial charge in [0.2, 0.25) is 5.95 Å². The normalized spacial score (nSPS) is 14.8. The number of hydrogen-bond donors (Lipinski definition) is 2. The molecule has 0 saturated carbocycles. The molecule has 1 aromatic carbocycles. The number of hydrogen-bond acceptors (Lipinski definition) is 7. The maximum absolute atomic E-state index is 14.4. The van der Waals surface area contributed by atoms with E-state index in [2.05, 4.69) is 49.1 Å². The number of likely N-dealkylation sites (N-methyl/N-ethyl adjacent to an activating group) is 1. The van der Waals surface area contributed by atoms with Crippen LogP contribution in [0.1, 0.15) is 6.92 Å². The highest BCUT2D eigenvalue weighted by Gasteiger charge is 2.16. The minimum absolute atomic E-state index is 0.321. The molecular weight excluding hydrogens is 407 g/mol. The number of nitrogens with one attached hydrogen (secondary N) is 1. The number of benzene rings is 1. The molecule has 0 spiro atoms. The molecular formula is C23H25FN8. The first-order chi connectivity index (χ1) is 15.6. The smallest absolute Gasteiger partial charge is 0.229 e. The third-order valence-electron chi connectivity index (χ3n) is 5.81. The molecule has 164 valence electrons. The van der Waals surface area contributed by atoms with Crippen molar-refractivity contribution in [3.05, 3.63) is 60.7 Å². The second-order valence-corrected chi connectivity index (χ2v) is 7.79. The summed E-state index contributed by atoms with van der Waals surface area (Å²) in [6, 6.07) is 13.4. The summed E-state index contributed by atoms with van der Waals surface area (Å²) in [7, 11) is 0. The molecule has 8 nitrogen and oxygen atoms in total. The van der Waals surface area contributed by atoms with E-state index < -0.39 is 5.82 Å². The highest BCUT2D eigenvalue weighted by atomic mass is 19.1. The lowest BCUT2D eigenvalue weighted by atomic mass is 10.2. The molecule has 1 saturated heterocycles. The molecule has 0 aliphatic carbocycles. The van der Waals surface area contributed by atoms with Gasteiger partial charge < -0.3 is 20.9 Å². The Morgan fingerprint density at radius 1 is 1.03 bits per heavy atom. The summed E-state index contributed by atoms with van der Waals surface area (Å²) in [6.45, 7) is 7.53. The molecule has 1 aliphatic rings. The topological polar surface area (TPSA) is 88.1 Å². The first-order valence-corrected chi connectivity index (χ1v) is 10.7. The zero-order valence-electron chi connectivity index (χ0n) is 17.9. The van der Waals surface area contributed by atoms with Crippen molar-refractivity contribution in [3.63, 3.8) is 0 Å². The Morgan fingerprint density at radius 3 is 2.53 bits per heavy atom. The van der Waals surface area contributed by atoms with Crippen molar-refractivity contribution >= 4 is 34.2 Å². The van der Waals surface area contributed by atoms with Crippen molar-refractivity contribution in [2.45, 2.75) is 6.92 Å². The summed E-state index contributed by atoms with van der Waals surface area (Å²) in [4.78, 5) is 17.9. The predicted octanol–water partition coefficient (Wildman–Crippen LogP) is 3.42. The number of aromatic nitrogens is 4. The monoisotopic (exact) mass is 432 g/mol. The lowest BCUT2D eigenvalue weighted by Gasteiger charge is -2.35. The maximum Gasteiger partial charge on any atom is 0.229 e. The Labute approximate surface area is 185 Å². The summed E-state index contributed by atoms with van der Waals surface area (Å²) < 4.78 is 16.0. The van der Waals surface area contributed by atoms with Crippen LogP contribution in [0.4, 0.5) is 27.5 Å². The number of rotatable bonds is 5. The molecule has 0 unspecified atom stereocenters. The molecule has 3 aromatic heterocycles. The second kappa shape index (κ2) is 8.43. The lowest BCUT2D eigenvalue weighted by Crippen LogP contribution is -2.46. The largest absolute Gasteiger partial charge is 0.384 e. The van der Waals surface area contributed by atoms with Crippen LogP contribution in [0.15, 0.2) is 54.9 Å². The van der Waals surface area contributed by atoms with E-state index in [4.69, 9.17) is 5.73 Å². The van der Waals surface area contributed by atoms with Crippen LogP contribution in [0, 0.1) is 5.82 Å². The van der Waals surface area contributed by atoms with E-state index in [1.54, 1.807) is 22.8 Å². The number of anilines is 4. The number of piperazine rings is 1. The van der Waals surface area contributed by atoms with E-state index in [0.717, 1.165) is 38.4 Å². The zero-order valence-corrected chi connectivity index (χ0v) is 17.9. The summed E-state index contributed by atoms with van der Waals surface area (Å²) in [5.41, 5.74) is 8.27. The first kappa shape index (κ1) is 20.2. The van der Waals surface area contributed by atoms with Gasteiger partial charge in [0.15, 0.2) is 11.5 Å². The predicted molar refractivity (Wildman–Crippen MR) is 125 cm³/mol. The number of pyridine rings is 1. The molecule has 1 aliphatic heterocycles. The molecule has 0 bridgehead atoms. The summed E-state index contributed by atoms with van der Waals surface area (Å²) in [5.74, 6) is 0.817. The Hall–Kier alpha value is -3.72. The van der Waals surface area contributed by atoms with Crippen LogP contribution in [0.5, 0.6) is 0 Å². The molecule has 3 N–H and O–H groups in total. The number of nitrogens with zero attached hydrogens (tertiary/aromatic N) is 6. The van der Waals surface area contributed by atoms with Crippen LogP contribution in [0.25, 0.3) is 16.9 Å². The van der Waals surface area contributed by atoms with Crippen LogP contribution in [-0.4, -0.2) is 57.1 Å². The van der Waals surface area contributed by atoms with Crippen LogP contribution in [-0.2, 0) is 0 Å². The number of fused-ring (bicyclic) bond motifs is 1. The van der Waals surface area contributed by atoms with Gasteiger partial charge in [-0.05, 0) is 42.9 Å². The van der Waals surface area contributed by atoms with Gasteiger partial charge >= 0.3 is 0 Å². The van der Waals surface area contributed by atoms with E-state index in [1.807, 2.05) is 12.1 Å². The fourth-order valence-electron chi connectivity index (χ4n) is 3.98. The standard InChI is InChI=1S/C23H25FN8/c1-2-30-10-12-31(13-11-30)17-8-6-16(7-9-17)27-23-26-14-18-19(24)15-32(22(18)29-23)21-5-3-4-20(25)28-21/h3-9,14-15H,2,10-13H2,1H3,(H2,25,28)(H,26,27,29). The third kappa shape index (κ3) is 3.94. The van der Waals surface area contributed by atoms with Crippen molar-refractivity contribution in [1.82, 2.24) is 24.4 Å². The molecule has 0 radical (unpaired) electrons. The van der Waals surface area contributed by atoms with Gasteiger partial charge in [0.05, 0.1) is 5.39 Å². The molecule has 1 fully saturated rings. The summed E-state index contributed by atoms with van der Waals surface area (Å²) in [6.07, 6.45) is 2.82. The maximum atomic E-state index is 14.4. The molecule has 9 heteroatoms. The van der Waals surface area contributed by atoms with Crippen LogP contribution in [0.3, 0.4) is 0 Å². The van der Waals surface area contributed by atoms with Crippen molar-refractivity contribution in [2.75, 3.05) is 48.7 Å². The van der Waals surface area contributed by atoms with Crippen LogP contribution >= 0.6 is 0 Å². The van der Waals surface area contributed by atoms with Crippen molar-refractivity contribution in [1.29, 1.82) is 0 Å². The van der Waals surface area contributed by atoms with E-state index in [1.165, 1.54) is 18.1 Å². The minimum Gasteiger partial charge on any atom is -0.384 e. The molecule has 4 heterocycles. The van der Waals surface area contributed by atoms with Gasteiger partial charge in [-0.15, -0.1) is 0 Å². The fourth-order valence-corrected chi connectivity index (χ4v) is 3.98. The van der Waals surface area contributed by atoms with Gasteiger partial charge in [-0.3, -0.25) is 4.57 Å². The van der Waals surface area contributed by atoms with Gasteiger partial charge in [0, 0.05) is 49.9 Å². The molecule has 32 heavy (non-hydrogen) atoms. The van der Waals surface area contributed by atoms with Crippen molar-refractivity contribution in [2.24, 2.45) is 0 Å². The minimum atomic E-state index is -0.414. The summed E-state index contributed by atoms with van der Waals surface area (Å²) >= 11 is 0. The number of nitrogen functional groups attached to an aromatic ring is 1. The Bertz CT molecular complexity index is 1230. The molecule has 0 amide bonds. The summed E-state index contributed by atoms with van der Waals surface area (Å²) in [5, 5.41) is 3.53. The Morgan fingerprint density at radius 2 is 1.81 bits per heavy atom. The second-order valence-electron chi connectivity index (χ2n) is 7.79. The molecule has 0 atom stereocenters. The van der Waals surface area contributed by atoms with Crippen LogP contribution in [0.2, 0.25) is 0 Å². The third-order valence-corrected chi connectivity index (χ3v) is 5.81. The average Bonchev–Trinajstić information content (AvgIpc) is 3.15. The van der Waals surface area contributed by atoms with Crippen molar-refractivity contribution in [3.8, 4) is 5.82 Å². The van der Waals surface area contributed by atoms with Gasteiger partial charge in [-0.1, -0.05) is 13.0 Å². The molecule has 5 rings (SSSR count). The van der Waals surface area contributed by atoms with Gasteiger partial charge in [-0.25, -0.2) is 14.4 Å². The van der Waals surface area contributed by atoms with E-state index in [0.29, 0.717) is 28.6 Å². The highest BCUT2D eigenvalue weighted by molar-refractivity contribution is 5.79. The van der Waals surface area contributed by atoms with E-state index in [-0.39, 0.29) is 0 Å². The fraction of sp³-hybridized carbons (Fsp3) is 0.261. The van der Waals surface area contributed by atoms with E-state index >= 15 is 0 Å². The lowest BCUT2D eigenvalue weighted by molar-refractivity contribution is 0.271. The van der Waals surface area contributed by atoms with Gasteiger partial charge in [0.1, 0.15) is 11.6 Å². The zero-order chi connectivity index (χ0) is 22.1. The van der Waals surface area contributed by atoms with Gasteiger partial charge in [-0.2, -0.15) is 4.98 Å². The van der Waals surface area contributed by atoms with Crippen LogP contribution < -0.4 is 16.0 Å². The Balaban J connectivity index is 1.37. The first-order valence-electron chi connectivity index (χ1n) is 10.7.